The minimum absolute atomic E-state index is 0.0601. The first-order chi connectivity index (χ1) is 11.0. The summed E-state index contributed by atoms with van der Waals surface area (Å²) < 4.78 is 22.7. The van der Waals surface area contributed by atoms with Gasteiger partial charge >= 0.3 is 0 Å². The van der Waals surface area contributed by atoms with Crippen molar-refractivity contribution < 1.29 is 18.0 Å². The molecule has 0 aliphatic heterocycles. The summed E-state index contributed by atoms with van der Waals surface area (Å²) in [5.41, 5.74) is 2.63. The highest BCUT2D eigenvalue weighted by Crippen LogP contribution is 2.21. The molecule has 24 heavy (non-hydrogen) atoms. The monoisotopic (exact) mass is 395 g/mol. The van der Waals surface area contributed by atoms with Crippen LogP contribution in [-0.4, -0.2) is 57.4 Å². The van der Waals surface area contributed by atoms with Crippen LogP contribution in [0.1, 0.15) is 16.8 Å². The number of rotatable bonds is 7. The Labute approximate surface area is 151 Å². The largest absolute Gasteiger partial charge is 0.340 e. The summed E-state index contributed by atoms with van der Waals surface area (Å²) in [6.45, 7) is 0. The van der Waals surface area contributed by atoms with E-state index in [1.54, 1.807) is 14.1 Å². The van der Waals surface area contributed by atoms with Crippen molar-refractivity contribution in [1.82, 2.24) is 15.8 Å². The zero-order chi connectivity index (χ0) is 18.5. The Bertz CT molecular complexity index is 723. The molecule has 0 bridgehead atoms. The van der Waals surface area contributed by atoms with Crippen molar-refractivity contribution in [2.45, 2.75) is 12.5 Å². The molecule has 1 aromatic carbocycles. The van der Waals surface area contributed by atoms with E-state index in [0.717, 1.165) is 6.26 Å². The lowest BCUT2D eigenvalue weighted by atomic mass is 10.1. The fraction of sp³-hybridized carbons (Fsp3) is 0.429. The third-order valence-electron chi connectivity index (χ3n) is 2.91. The molecule has 0 saturated carbocycles. The molecular weight excluding hydrogens is 377 g/mol. The van der Waals surface area contributed by atoms with Gasteiger partial charge in [0.2, 0.25) is 0 Å². The van der Waals surface area contributed by atoms with Gasteiger partial charge in [-0.1, -0.05) is 23.2 Å². The van der Waals surface area contributed by atoms with Crippen LogP contribution in [0.15, 0.2) is 18.2 Å². The third-order valence-corrected chi connectivity index (χ3v) is 4.43. The van der Waals surface area contributed by atoms with Crippen LogP contribution < -0.4 is 10.7 Å². The predicted molar refractivity (Wildman–Crippen MR) is 93.9 cm³/mol. The van der Waals surface area contributed by atoms with Crippen LogP contribution in [0.2, 0.25) is 10.0 Å². The van der Waals surface area contributed by atoms with E-state index in [0.29, 0.717) is 5.02 Å². The average Bonchev–Trinajstić information content (AvgIpc) is 2.41. The maximum atomic E-state index is 12.3. The molecule has 1 aromatic rings. The lowest BCUT2D eigenvalue weighted by Gasteiger charge is -2.21. The maximum Gasteiger partial charge on any atom is 0.256 e. The molecule has 0 unspecified atom stereocenters. The van der Waals surface area contributed by atoms with Gasteiger partial charge in [0.25, 0.3) is 11.8 Å². The molecule has 1 atom stereocenters. The number of hydrogen-bond acceptors (Lipinski definition) is 5. The second kappa shape index (κ2) is 8.66. The number of carbonyl (C=O) groups excluding carboxylic acids is 2. The first-order valence-electron chi connectivity index (χ1n) is 6.91. The third kappa shape index (κ3) is 7.04. The molecule has 0 radical (unpaired) electrons. The zero-order valence-electron chi connectivity index (χ0n) is 13.5. The Morgan fingerprint density at radius 2 is 1.88 bits per heavy atom. The number of nitrogens with one attached hydrogen (secondary N) is 2. The van der Waals surface area contributed by atoms with Crippen LogP contribution in [0.5, 0.6) is 0 Å². The van der Waals surface area contributed by atoms with E-state index >= 15 is 0 Å². The molecule has 0 saturated heterocycles. The number of hydrogen-bond donors (Lipinski definition) is 2. The quantitative estimate of drug-likeness (QED) is 0.674. The highest BCUT2D eigenvalue weighted by molar-refractivity contribution is 7.90. The minimum atomic E-state index is -3.28. The summed E-state index contributed by atoms with van der Waals surface area (Å²) >= 11 is 11.8. The Hall–Kier alpha value is -1.35. The van der Waals surface area contributed by atoms with E-state index in [-0.39, 0.29) is 22.8 Å². The van der Waals surface area contributed by atoms with Crippen molar-refractivity contribution in [2.75, 3.05) is 26.1 Å². The van der Waals surface area contributed by atoms with Gasteiger partial charge in [0.15, 0.2) is 0 Å². The molecule has 0 fully saturated rings. The highest BCUT2D eigenvalue weighted by atomic mass is 35.5. The molecule has 0 aliphatic rings. The van der Waals surface area contributed by atoms with E-state index in [4.69, 9.17) is 23.2 Å². The standard InChI is InChI=1S/C14H19Cl2N3O4S/c1-19(2)18-14(21)12(6-7-24(3,22)23)17-13(20)10-5-4-9(15)8-11(10)16/h4-5,8,12H,6-7H2,1-3H3,(H,17,20)(H,18,21)/t12-/m1/s1. The molecular formula is C14H19Cl2N3O4S. The lowest BCUT2D eigenvalue weighted by molar-refractivity contribution is -0.126. The van der Waals surface area contributed by atoms with Crippen molar-refractivity contribution in [2.24, 2.45) is 0 Å². The first-order valence-corrected chi connectivity index (χ1v) is 9.72. The summed E-state index contributed by atoms with van der Waals surface area (Å²) in [7, 11) is -0.0826. The van der Waals surface area contributed by atoms with Crippen molar-refractivity contribution in [1.29, 1.82) is 0 Å². The number of sulfone groups is 1. The minimum Gasteiger partial charge on any atom is -0.340 e. The zero-order valence-corrected chi connectivity index (χ0v) is 15.8. The number of benzene rings is 1. The van der Waals surface area contributed by atoms with E-state index < -0.39 is 27.7 Å². The Morgan fingerprint density at radius 3 is 2.38 bits per heavy atom. The summed E-state index contributed by atoms with van der Waals surface area (Å²) in [6.07, 6.45) is 1.00. The van der Waals surface area contributed by atoms with Gasteiger partial charge in [-0.25, -0.2) is 13.4 Å². The number of halogens is 2. The van der Waals surface area contributed by atoms with Crippen molar-refractivity contribution in [3.63, 3.8) is 0 Å². The van der Waals surface area contributed by atoms with Gasteiger partial charge in [-0.05, 0) is 24.6 Å². The molecule has 0 aromatic heterocycles. The van der Waals surface area contributed by atoms with Gasteiger partial charge in [-0.2, -0.15) is 0 Å². The Morgan fingerprint density at radius 1 is 1.25 bits per heavy atom. The molecule has 2 N–H and O–H groups in total. The molecule has 0 spiro atoms. The van der Waals surface area contributed by atoms with E-state index in [1.807, 2.05) is 0 Å². The number of amides is 2. The number of hydrazine groups is 1. The fourth-order valence-corrected chi connectivity index (χ4v) is 2.97. The van der Waals surface area contributed by atoms with Gasteiger partial charge in [0.1, 0.15) is 15.9 Å². The van der Waals surface area contributed by atoms with Gasteiger partial charge in [0.05, 0.1) is 16.3 Å². The van der Waals surface area contributed by atoms with Gasteiger partial charge in [-0.3, -0.25) is 15.0 Å². The van der Waals surface area contributed by atoms with Crippen molar-refractivity contribution in [3.05, 3.63) is 33.8 Å². The Kier molecular flexibility index (Phi) is 7.47. The normalized spacial score (nSPS) is 12.8. The average molecular weight is 396 g/mol. The van der Waals surface area contributed by atoms with E-state index in [9.17, 15) is 18.0 Å². The molecule has 10 heteroatoms. The second-order valence-corrected chi connectivity index (χ2v) is 8.54. The molecule has 134 valence electrons. The summed E-state index contributed by atoms with van der Waals surface area (Å²) in [6, 6.07) is 3.30. The first kappa shape index (κ1) is 20.7. The summed E-state index contributed by atoms with van der Waals surface area (Å²) in [5.74, 6) is -1.36. The topological polar surface area (TPSA) is 95.6 Å². The van der Waals surface area contributed by atoms with Gasteiger partial charge < -0.3 is 5.32 Å². The van der Waals surface area contributed by atoms with Crippen LogP contribution in [0.3, 0.4) is 0 Å². The van der Waals surface area contributed by atoms with Crippen molar-refractivity contribution >= 4 is 44.9 Å². The van der Waals surface area contributed by atoms with E-state index in [2.05, 4.69) is 10.7 Å². The van der Waals surface area contributed by atoms with E-state index in [1.165, 1.54) is 23.2 Å². The van der Waals surface area contributed by atoms with Crippen LogP contribution >= 0.6 is 23.2 Å². The summed E-state index contributed by atoms with van der Waals surface area (Å²) in [5, 5.41) is 4.41. The van der Waals surface area contributed by atoms with Gasteiger partial charge in [0, 0.05) is 25.4 Å². The number of carbonyl (C=O) groups is 2. The Balaban J connectivity index is 2.93. The van der Waals surface area contributed by atoms with Gasteiger partial charge in [-0.15, -0.1) is 0 Å². The smallest absolute Gasteiger partial charge is 0.256 e. The van der Waals surface area contributed by atoms with Crippen LogP contribution in [0.25, 0.3) is 0 Å². The SMILES string of the molecule is CN(C)NC(=O)[C@@H](CCS(C)(=O)=O)NC(=O)c1ccc(Cl)cc1Cl. The molecule has 2 amide bonds. The second-order valence-electron chi connectivity index (χ2n) is 5.44. The lowest BCUT2D eigenvalue weighted by Crippen LogP contribution is -2.51. The number of nitrogens with zero attached hydrogens (tertiary/aromatic N) is 1. The van der Waals surface area contributed by atoms with Crippen LogP contribution in [-0.2, 0) is 14.6 Å². The van der Waals surface area contributed by atoms with Crippen LogP contribution in [0.4, 0.5) is 0 Å². The predicted octanol–water partition coefficient (Wildman–Crippen LogP) is 1.12. The molecule has 0 aliphatic carbocycles. The summed E-state index contributed by atoms with van der Waals surface area (Å²) in [4.78, 5) is 24.5. The molecule has 1 rings (SSSR count). The highest BCUT2D eigenvalue weighted by Gasteiger charge is 2.24. The fourth-order valence-electron chi connectivity index (χ4n) is 1.81. The molecule has 7 nitrogen and oxygen atoms in total. The van der Waals surface area contributed by atoms with Crippen LogP contribution in [0, 0.1) is 0 Å². The molecule has 0 heterocycles. The van der Waals surface area contributed by atoms with Crippen molar-refractivity contribution in [3.8, 4) is 0 Å². The maximum absolute atomic E-state index is 12.3.